The summed E-state index contributed by atoms with van der Waals surface area (Å²) in [5, 5.41) is 33.3. The zero-order valence-corrected chi connectivity index (χ0v) is 28.7. The van der Waals surface area contributed by atoms with Gasteiger partial charge in [-0.2, -0.15) is 15.8 Å². The van der Waals surface area contributed by atoms with Gasteiger partial charge in [-0.1, -0.05) is 84.9 Å². The van der Waals surface area contributed by atoms with Crippen molar-refractivity contribution in [1.29, 1.82) is 15.8 Å². The van der Waals surface area contributed by atoms with Crippen molar-refractivity contribution in [2.24, 2.45) is 0 Å². The lowest BCUT2D eigenvalue weighted by atomic mass is 9.97. The Labute approximate surface area is 311 Å². The van der Waals surface area contributed by atoms with Gasteiger partial charge in [-0.05, 0) is 78.9 Å². The molecule has 7 heteroatoms. The van der Waals surface area contributed by atoms with Crippen LogP contribution in [0, 0.1) is 34.0 Å². The second-order valence-corrected chi connectivity index (χ2v) is 12.8. The minimum atomic E-state index is 0.219. The van der Waals surface area contributed by atoms with E-state index in [-0.39, 0.29) is 11.1 Å². The minimum absolute atomic E-state index is 0.219. The molecule has 250 valence electrons. The molecule has 0 amide bonds. The van der Waals surface area contributed by atoms with Crippen molar-refractivity contribution in [2.75, 3.05) is 4.90 Å². The molecule has 7 nitrogen and oxygen atoms in total. The average Bonchev–Trinajstić information content (AvgIpc) is 3.58. The number of nitrogens with zero attached hydrogens (tertiary/aromatic N) is 7. The molecule has 0 radical (unpaired) electrons. The van der Waals surface area contributed by atoms with E-state index in [2.05, 4.69) is 100 Å². The third-order valence-corrected chi connectivity index (χ3v) is 9.71. The number of nitriles is 3. The summed E-state index contributed by atoms with van der Waals surface area (Å²) in [6, 6.07) is 60.7. The van der Waals surface area contributed by atoms with Gasteiger partial charge < -0.3 is 9.47 Å². The topological polar surface area (TPSA) is 105 Å². The first-order valence-corrected chi connectivity index (χ1v) is 17.3. The number of anilines is 3. The maximum Gasteiger partial charge on any atom is 0.160 e. The summed E-state index contributed by atoms with van der Waals surface area (Å²) >= 11 is 0. The number of hydrogen-bond acceptors (Lipinski definition) is 6. The fourth-order valence-electron chi connectivity index (χ4n) is 7.23. The van der Waals surface area contributed by atoms with E-state index < -0.39 is 0 Å². The van der Waals surface area contributed by atoms with Crippen LogP contribution in [0.4, 0.5) is 17.1 Å². The molecule has 0 unspecified atom stereocenters. The summed E-state index contributed by atoms with van der Waals surface area (Å²) in [6.07, 6.45) is 0. The van der Waals surface area contributed by atoms with Crippen LogP contribution in [0.5, 0.6) is 0 Å². The zero-order chi connectivity index (χ0) is 36.6. The molecular formula is C47H27N7. The van der Waals surface area contributed by atoms with Crippen LogP contribution in [0.25, 0.3) is 61.0 Å². The largest absolute Gasteiger partial charge is 0.310 e. The van der Waals surface area contributed by atoms with Gasteiger partial charge in [-0.15, -0.1) is 0 Å². The van der Waals surface area contributed by atoms with E-state index in [0.29, 0.717) is 33.5 Å². The molecule has 0 aliphatic carbocycles. The first-order valence-electron chi connectivity index (χ1n) is 17.3. The minimum Gasteiger partial charge on any atom is -0.310 e. The second-order valence-electron chi connectivity index (χ2n) is 12.8. The van der Waals surface area contributed by atoms with Gasteiger partial charge in [0, 0.05) is 50.0 Å². The predicted octanol–water partition coefficient (Wildman–Crippen LogP) is 11.1. The highest BCUT2D eigenvalue weighted by Crippen LogP contribution is 2.40. The van der Waals surface area contributed by atoms with Crippen LogP contribution in [-0.4, -0.2) is 14.5 Å². The summed E-state index contributed by atoms with van der Waals surface area (Å²) < 4.78 is 2.29. The zero-order valence-electron chi connectivity index (χ0n) is 28.7. The average molecular weight is 690 g/mol. The highest BCUT2D eigenvalue weighted by atomic mass is 15.1. The van der Waals surface area contributed by atoms with E-state index in [4.69, 9.17) is 9.97 Å². The molecule has 0 fully saturated rings. The number of fused-ring (bicyclic) bond motifs is 4. The first-order chi connectivity index (χ1) is 26.6. The van der Waals surface area contributed by atoms with Gasteiger partial charge in [-0.3, -0.25) is 0 Å². The molecule has 9 rings (SSSR count). The summed E-state index contributed by atoms with van der Waals surface area (Å²) in [5.41, 5.74) is 9.20. The summed E-state index contributed by atoms with van der Waals surface area (Å²) in [6.45, 7) is 0. The summed E-state index contributed by atoms with van der Waals surface area (Å²) in [7, 11) is 0. The molecule has 0 aliphatic heterocycles. The maximum atomic E-state index is 10.7. The molecule has 2 heterocycles. The molecule has 0 aliphatic rings. The number of benzene rings is 7. The van der Waals surface area contributed by atoms with Gasteiger partial charge in [0.1, 0.15) is 12.1 Å². The lowest BCUT2D eigenvalue weighted by Gasteiger charge is -2.26. The van der Waals surface area contributed by atoms with Crippen LogP contribution >= 0.6 is 0 Å². The lowest BCUT2D eigenvalue weighted by molar-refractivity contribution is 1.17. The summed E-state index contributed by atoms with van der Waals surface area (Å²) in [5.74, 6) is 0.453. The molecule has 0 N–H and O–H groups in total. The van der Waals surface area contributed by atoms with Crippen molar-refractivity contribution in [3.05, 3.63) is 180 Å². The fraction of sp³-hybridized carbons (Fsp3) is 0. The van der Waals surface area contributed by atoms with Crippen LogP contribution in [0.1, 0.15) is 16.7 Å². The quantitative estimate of drug-likeness (QED) is 0.172. The molecule has 0 saturated carbocycles. The first kappa shape index (κ1) is 31.9. The van der Waals surface area contributed by atoms with Crippen molar-refractivity contribution in [3.8, 4) is 46.5 Å². The fourth-order valence-corrected chi connectivity index (χ4v) is 7.23. The molecular weight excluding hydrogens is 663 g/mol. The predicted molar refractivity (Wildman–Crippen MR) is 214 cm³/mol. The molecule has 0 spiro atoms. The molecule has 0 saturated heterocycles. The second kappa shape index (κ2) is 13.2. The number of para-hydroxylation sites is 3. The Balaban J connectivity index is 1.19. The standard InChI is InChI=1S/C47H27N7/c48-28-32-26-42-43(27-33(32)29-49)51-47(31-11-3-1-4-12-31)52-46(42)39-24-23-38(25-34(39)30-50)53(35-13-5-2-6-14-35)36-19-21-37(22-20-36)54-44-17-9-7-15-40(44)41-16-8-10-18-45(41)54/h1-27H. The maximum absolute atomic E-state index is 10.7. The van der Waals surface area contributed by atoms with Gasteiger partial charge >= 0.3 is 0 Å². The Hall–Kier alpha value is -8.05. The SMILES string of the molecule is N#Cc1cc2nc(-c3ccccc3)nc(-c3ccc(N(c4ccccc4)c4ccc(-n5c6ccccc6c6ccccc65)cc4)cc3C#N)c2cc1C#N. The van der Waals surface area contributed by atoms with Gasteiger partial charge in [0.25, 0.3) is 0 Å². The van der Waals surface area contributed by atoms with Crippen molar-refractivity contribution < 1.29 is 0 Å². The van der Waals surface area contributed by atoms with Crippen molar-refractivity contribution >= 4 is 49.8 Å². The normalized spacial score (nSPS) is 10.9. The van der Waals surface area contributed by atoms with E-state index >= 15 is 0 Å². The number of rotatable bonds is 6. The smallest absolute Gasteiger partial charge is 0.160 e. The van der Waals surface area contributed by atoms with Gasteiger partial charge in [-0.25, -0.2) is 9.97 Å². The van der Waals surface area contributed by atoms with Gasteiger partial charge in [0.05, 0.1) is 45.0 Å². The van der Waals surface area contributed by atoms with E-state index in [1.807, 2.05) is 78.9 Å². The van der Waals surface area contributed by atoms with E-state index in [1.54, 1.807) is 12.1 Å². The van der Waals surface area contributed by atoms with Crippen molar-refractivity contribution in [3.63, 3.8) is 0 Å². The highest BCUT2D eigenvalue weighted by molar-refractivity contribution is 6.09. The molecule has 2 aromatic heterocycles. The Morgan fingerprint density at radius 1 is 0.463 bits per heavy atom. The molecule has 9 aromatic rings. The number of hydrogen-bond donors (Lipinski definition) is 0. The molecule has 54 heavy (non-hydrogen) atoms. The third kappa shape index (κ3) is 5.36. The Morgan fingerprint density at radius 2 is 1.02 bits per heavy atom. The van der Waals surface area contributed by atoms with Crippen LogP contribution in [0.2, 0.25) is 0 Å². The van der Waals surface area contributed by atoms with Crippen molar-refractivity contribution in [2.45, 2.75) is 0 Å². The molecule has 7 aromatic carbocycles. The summed E-state index contributed by atoms with van der Waals surface area (Å²) in [4.78, 5) is 11.9. The Bertz CT molecular complexity index is 2970. The monoisotopic (exact) mass is 689 g/mol. The number of aromatic nitrogens is 3. The van der Waals surface area contributed by atoms with E-state index in [1.165, 1.54) is 10.8 Å². The van der Waals surface area contributed by atoms with Crippen LogP contribution in [-0.2, 0) is 0 Å². The van der Waals surface area contributed by atoms with Crippen LogP contribution in [0.3, 0.4) is 0 Å². The third-order valence-electron chi connectivity index (χ3n) is 9.71. The van der Waals surface area contributed by atoms with Gasteiger partial charge in [0.2, 0.25) is 0 Å². The lowest BCUT2D eigenvalue weighted by Crippen LogP contribution is -2.10. The van der Waals surface area contributed by atoms with Gasteiger partial charge in [0.15, 0.2) is 5.82 Å². The van der Waals surface area contributed by atoms with Crippen LogP contribution in [0.15, 0.2) is 164 Å². The van der Waals surface area contributed by atoms with E-state index in [9.17, 15) is 15.8 Å². The van der Waals surface area contributed by atoms with Crippen LogP contribution < -0.4 is 4.90 Å². The van der Waals surface area contributed by atoms with Crippen molar-refractivity contribution in [1.82, 2.24) is 14.5 Å². The molecule has 0 bridgehead atoms. The highest BCUT2D eigenvalue weighted by Gasteiger charge is 2.20. The van der Waals surface area contributed by atoms with E-state index in [0.717, 1.165) is 39.3 Å². The molecule has 0 atom stereocenters. The Morgan fingerprint density at radius 3 is 1.67 bits per heavy atom. The Kier molecular flexibility index (Phi) is 7.83.